The third-order valence-electron chi connectivity index (χ3n) is 2.70. The first-order valence-electron chi connectivity index (χ1n) is 5.16. The molecule has 2 radical (unpaired) electrons. The van der Waals surface area contributed by atoms with Crippen molar-refractivity contribution in [1.82, 2.24) is 4.57 Å². The van der Waals surface area contributed by atoms with Gasteiger partial charge in [-0.15, -0.1) is 0 Å². The number of hydrogen-bond donors (Lipinski definition) is 5. The number of nitrogens with zero attached hydrogens (tertiary/aromatic N) is 1. The molecule has 0 unspecified atom stereocenters. The van der Waals surface area contributed by atoms with Crippen LogP contribution in [0, 0.1) is 0 Å². The van der Waals surface area contributed by atoms with E-state index in [1.54, 1.807) is 25.2 Å². The molecule has 0 bridgehead atoms. The molecule has 6 nitrogen and oxygen atoms in total. The van der Waals surface area contributed by atoms with E-state index >= 15 is 0 Å². The molecule has 0 amide bonds. The lowest BCUT2D eigenvalue weighted by molar-refractivity contribution is 0.377. The fourth-order valence-corrected chi connectivity index (χ4v) is 1.70. The second-order valence-electron chi connectivity index (χ2n) is 3.77. The van der Waals surface area contributed by atoms with E-state index in [9.17, 15) is 15.3 Å². The van der Waals surface area contributed by atoms with Gasteiger partial charge in [-0.25, -0.2) is 4.57 Å². The van der Waals surface area contributed by atoms with E-state index in [0.29, 0.717) is 17.1 Å². The SMILES string of the molecule is [B]c1c(O)c(O)n(-c2ccc(N)c(NC)c2)c1O. The molecule has 0 aliphatic carbocycles. The van der Waals surface area contributed by atoms with E-state index in [1.807, 2.05) is 0 Å². The molecular formula is C11H12BN3O3. The van der Waals surface area contributed by atoms with Crippen LogP contribution in [0.3, 0.4) is 0 Å². The van der Waals surface area contributed by atoms with Gasteiger partial charge >= 0.3 is 0 Å². The first kappa shape index (κ1) is 12.0. The zero-order chi connectivity index (χ0) is 13.4. The maximum Gasteiger partial charge on any atom is 0.241 e. The number of anilines is 2. The number of aromatic nitrogens is 1. The molecule has 2 aromatic rings. The highest BCUT2D eigenvalue weighted by Crippen LogP contribution is 2.34. The van der Waals surface area contributed by atoms with Crippen LogP contribution < -0.4 is 16.5 Å². The molecule has 0 spiro atoms. The predicted molar refractivity (Wildman–Crippen MR) is 70.1 cm³/mol. The lowest BCUT2D eigenvalue weighted by Gasteiger charge is -2.10. The van der Waals surface area contributed by atoms with Crippen LogP contribution in [0.1, 0.15) is 0 Å². The molecule has 1 aromatic carbocycles. The molecule has 0 saturated heterocycles. The Morgan fingerprint density at radius 1 is 1.22 bits per heavy atom. The van der Waals surface area contributed by atoms with E-state index in [4.69, 9.17) is 13.6 Å². The Morgan fingerprint density at radius 2 is 1.89 bits per heavy atom. The zero-order valence-electron chi connectivity index (χ0n) is 9.68. The van der Waals surface area contributed by atoms with Crippen molar-refractivity contribution < 1.29 is 15.3 Å². The number of nitrogens with two attached hydrogens (primary N) is 1. The first-order valence-corrected chi connectivity index (χ1v) is 5.16. The Balaban J connectivity index is 2.66. The van der Waals surface area contributed by atoms with Crippen LogP contribution in [0.15, 0.2) is 18.2 Å². The summed E-state index contributed by atoms with van der Waals surface area (Å²) in [4.78, 5) is 0. The minimum atomic E-state index is -0.560. The summed E-state index contributed by atoms with van der Waals surface area (Å²) in [6, 6.07) is 4.79. The maximum absolute atomic E-state index is 9.75. The fraction of sp³-hybridized carbons (Fsp3) is 0.0909. The van der Waals surface area contributed by atoms with Gasteiger partial charge in [0.2, 0.25) is 5.88 Å². The van der Waals surface area contributed by atoms with E-state index in [2.05, 4.69) is 5.32 Å². The smallest absolute Gasteiger partial charge is 0.241 e. The fourth-order valence-electron chi connectivity index (χ4n) is 1.70. The molecule has 2 rings (SSSR count). The van der Waals surface area contributed by atoms with Crippen molar-refractivity contribution in [1.29, 1.82) is 0 Å². The molecular weight excluding hydrogens is 233 g/mol. The average molecular weight is 245 g/mol. The van der Waals surface area contributed by atoms with Crippen molar-refractivity contribution >= 4 is 24.7 Å². The Kier molecular flexibility index (Phi) is 2.74. The molecule has 0 fully saturated rings. The number of hydrogen-bond acceptors (Lipinski definition) is 5. The predicted octanol–water partition coefficient (Wildman–Crippen LogP) is 0.0118. The second-order valence-corrected chi connectivity index (χ2v) is 3.77. The molecule has 7 heteroatoms. The molecule has 0 atom stereocenters. The van der Waals surface area contributed by atoms with Crippen molar-refractivity contribution in [2.24, 2.45) is 0 Å². The average Bonchev–Trinajstić information content (AvgIpc) is 2.55. The van der Waals surface area contributed by atoms with Gasteiger partial charge in [-0.1, -0.05) is 0 Å². The van der Waals surface area contributed by atoms with Gasteiger partial charge in [0.15, 0.2) is 11.6 Å². The molecule has 6 N–H and O–H groups in total. The molecule has 92 valence electrons. The van der Waals surface area contributed by atoms with Gasteiger partial charge in [0.1, 0.15) is 7.85 Å². The summed E-state index contributed by atoms with van der Waals surface area (Å²) in [6.07, 6.45) is 0. The maximum atomic E-state index is 9.75. The molecule has 0 saturated carbocycles. The highest BCUT2D eigenvalue weighted by Gasteiger charge is 2.19. The molecule has 0 aliphatic rings. The second kappa shape index (κ2) is 4.10. The third kappa shape index (κ3) is 1.60. The topological polar surface area (TPSA) is 104 Å². The summed E-state index contributed by atoms with van der Waals surface area (Å²) in [7, 11) is 7.11. The molecule has 1 heterocycles. The molecule has 18 heavy (non-hydrogen) atoms. The lowest BCUT2D eigenvalue weighted by Crippen LogP contribution is -2.02. The van der Waals surface area contributed by atoms with Crippen LogP contribution in [0.25, 0.3) is 5.69 Å². The summed E-state index contributed by atoms with van der Waals surface area (Å²) < 4.78 is 1.02. The standard InChI is InChI=1S/C11H12BN3O3/c1-14-7-4-5(2-3-6(7)13)15-10(17)8(12)9(16)11(15)18/h2-4,14,16-18H,13H2,1H3. The van der Waals surface area contributed by atoms with Gasteiger partial charge in [0.05, 0.1) is 17.1 Å². The number of benzene rings is 1. The Bertz CT molecular complexity index is 585. The van der Waals surface area contributed by atoms with Gasteiger partial charge in [-0.05, 0) is 18.2 Å². The van der Waals surface area contributed by atoms with Crippen LogP contribution in [0.4, 0.5) is 11.4 Å². The number of rotatable bonds is 2. The van der Waals surface area contributed by atoms with Crippen LogP contribution in [-0.4, -0.2) is 34.8 Å². The highest BCUT2D eigenvalue weighted by molar-refractivity contribution is 6.36. The normalized spacial score (nSPS) is 10.5. The van der Waals surface area contributed by atoms with E-state index < -0.39 is 17.5 Å². The van der Waals surface area contributed by atoms with Gasteiger partial charge in [-0.2, -0.15) is 0 Å². The minimum absolute atomic E-state index is 0.282. The Hall–Kier alpha value is -2.44. The van der Waals surface area contributed by atoms with E-state index in [1.165, 1.54) is 0 Å². The lowest BCUT2D eigenvalue weighted by atomic mass is 9.99. The van der Waals surface area contributed by atoms with Crippen molar-refractivity contribution in [3.05, 3.63) is 18.2 Å². The Labute approximate surface area is 105 Å². The molecule has 1 aromatic heterocycles. The number of nitrogen functional groups attached to an aromatic ring is 1. The van der Waals surface area contributed by atoms with Gasteiger partial charge in [0, 0.05) is 12.5 Å². The van der Waals surface area contributed by atoms with Gasteiger partial charge < -0.3 is 26.4 Å². The van der Waals surface area contributed by atoms with Crippen molar-refractivity contribution in [3.63, 3.8) is 0 Å². The van der Waals surface area contributed by atoms with Crippen LogP contribution >= 0.6 is 0 Å². The van der Waals surface area contributed by atoms with Crippen molar-refractivity contribution in [2.75, 3.05) is 18.1 Å². The zero-order valence-corrected chi connectivity index (χ0v) is 9.68. The van der Waals surface area contributed by atoms with Gasteiger partial charge in [-0.3, -0.25) is 0 Å². The molecule has 0 aliphatic heterocycles. The summed E-state index contributed by atoms with van der Waals surface area (Å²) >= 11 is 0. The summed E-state index contributed by atoms with van der Waals surface area (Å²) in [5, 5.41) is 31.8. The summed E-state index contributed by atoms with van der Waals surface area (Å²) in [5.41, 5.74) is 6.99. The largest absolute Gasteiger partial charge is 0.503 e. The summed E-state index contributed by atoms with van der Waals surface area (Å²) in [6.45, 7) is 0. The summed E-state index contributed by atoms with van der Waals surface area (Å²) in [5.74, 6) is -1.52. The Morgan fingerprint density at radius 3 is 2.39 bits per heavy atom. The van der Waals surface area contributed by atoms with Crippen molar-refractivity contribution in [3.8, 4) is 23.2 Å². The highest BCUT2D eigenvalue weighted by atomic mass is 16.3. The van der Waals surface area contributed by atoms with E-state index in [-0.39, 0.29) is 5.46 Å². The van der Waals surface area contributed by atoms with E-state index in [0.717, 1.165) is 4.57 Å². The van der Waals surface area contributed by atoms with Crippen LogP contribution in [-0.2, 0) is 0 Å². The van der Waals surface area contributed by atoms with Crippen LogP contribution in [0.2, 0.25) is 0 Å². The van der Waals surface area contributed by atoms with Crippen molar-refractivity contribution in [2.45, 2.75) is 0 Å². The quantitative estimate of drug-likeness (QED) is 0.379. The number of nitrogens with one attached hydrogen (secondary N) is 1. The first-order chi connectivity index (χ1) is 8.47. The monoisotopic (exact) mass is 245 g/mol. The van der Waals surface area contributed by atoms with Gasteiger partial charge in [0.25, 0.3) is 0 Å². The third-order valence-corrected chi connectivity index (χ3v) is 2.70. The van der Waals surface area contributed by atoms with Crippen LogP contribution in [0.5, 0.6) is 17.5 Å². The number of aromatic hydroxyl groups is 3. The minimum Gasteiger partial charge on any atom is -0.503 e.